The van der Waals surface area contributed by atoms with Crippen LogP contribution in [-0.4, -0.2) is 69.8 Å². The van der Waals surface area contributed by atoms with Gasteiger partial charge in [-0.1, -0.05) is 0 Å². The second kappa shape index (κ2) is 10.5. The number of ether oxygens (including phenoxy) is 3. The first-order chi connectivity index (χ1) is 14.5. The summed E-state index contributed by atoms with van der Waals surface area (Å²) in [5.74, 6) is 2.76. The van der Waals surface area contributed by atoms with Crippen molar-refractivity contribution < 1.29 is 19.0 Å². The van der Waals surface area contributed by atoms with Crippen molar-refractivity contribution in [1.82, 2.24) is 15.2 Å². The van der Waals surface area contributed by atoms with Crippen molar-refractivity contribution in [2.75, 3.05) is 59.0 Å². The van der Waals surface area contributed by atoms with Crippen LogP contribution in [0.3, 0.4) is 0 Å². The predicted molar refractivity (Wildman–Crippen MR) is 119 cm³/mol. The van der Waals surface area contributed by atoms with Crippen LogP contribution >= 0.6 is 15.9 Å². The third-order valence-electron chi connectivity index (χ3n) is 5.04. The van der Waals surface area contributed by atoms with Gasteiger partial charge < -0.3 is 24.4 Å². The lowest BCUT2D eigenvalue weighted by atomic mass is 10.1. The van der Waals surface area contributed by atoms with Crippen LogP contribution in [0.5, 0.6) is 17.2 Å². The fourth-order valence-corrected chi connectivity index (χ4v) is 3.61. The highest BCUT2D eigenvalue weighted by molar-refractivity contribution is 9.10. The van der Waals surface area contributed by atoms with E-state index in [-0.39, 0.29) is 5.91 Å². The molecule has 9 heteroatoms. The summed E-state index contributed by atoms with van der Waals surface area (Å²) in [5.41, 5.74) is 0.828. The van der Waals surface area contributed by atoms with Crippen LogP contribution in [0.2, 0.25) is 0 Å². The van der Waals surface area contributed by atoms with Crippen molar-refractivity contribution >= 4 is 27.7 Å². The van der Waals surface area contributed by atoms with Gasteiger partial charge in [-0.15, -0.1) is 0 Å². The van der Waals surface area contributed by atoms with Gasteiger partial charge in [-0.25, -0.2) is 4.98 Å². The monoisotopic (exact) mass is 478 g/mol. The maximum absolute atomic E-state index is 12.5. The minimum Gasteiger partial charge on any atom is -0.496 e. The highest BCUT2D eigenvalue weighted by Gasteiger charge is 2.20. The number of benzene rings is 1. The molecule has 1 aliphatic rings. The summed E-state index contributed by atoms with van der Waals surface area (Å²) in [6, 6.07) is 7.57. The number of amides is 1. The first kappa shape index (κ1) is 22.2. The Balaban J connectivity index is 1.50. The SMILES string of the molecule is COc1cc(OC)c(OC)cc1CNC(=O)CN1CCN(c2ccc(Br)cn2)CC1. The molecular formula is C21H27BrN4O4. The van der Waals surface area contributed by atoms with E-state index in [2.05, 4.69) is 36.0 Å². The van der Waals surface area contributed by atoms with E-state index in [0.29, 0.717) is 30.3 Å². The van der Waals surface area contributed by atoms with Crippen LogP contribution in [0.25, 0.3) is 0 Å². The van der Waals surface area contributed by atoms with Gasteiger partial charge in [0.2, 0.25) is 5.91 Å². The maximum atomic E-state index is 12.5. The Bertz CT molecular complexity index is 855. The average molecular weight is 479 g/mol. The lowest BCUT2D eigenvalue weighted by Gasteiger charge is -2.35. The van der Waals surface area contributed by atoms with Crippen LogP contribution in [0.1, 0.15) is 5.56 Å². The van der Waals surface area contributed by atoms with Gasteiger partial charge >= 0.3 is 0 Å². The minimum atomic E-state index is -0.0259. The molecule has 1 fully saturated rings. The van der Waals surface area contributed by atoms with E-state index < -0.39 is 0 Å². The Hall–Kier alpha value is -2.52. The van der Waals surface area contributed by atoms with Crippen molar-refractivity contribution in [2.24, 2.45) is 0 Å². The molecule has 1 saturated heterocycles. The quantitative estimate of drug-likeness (QED) is 0.623. The molecule has 0 atom stereocenters. The molecule has 2 aromatic rings. The number of nitrogens with one attached hydrogen (secondary N) is 1. The largest absolute Gasteiger partial charge is 0.496 e. The van der Waals surface area contributed by atoms with Crippen LogP contribution in [-0.2, 0) is 11.3 Å². The normalized spacial score (nSPS) is 14.3. The fourth-order valence-electron chi connectivity index (χ4n) is 3.37. The Morgan fingerprint density at radius 2 is 1.70 bits per heavy atom. The van der Waals surface area contributed by atoms with Crippen LogP contribution in [0.4, 0.5) is 5.82 Å². The Morgan fingerprint density at radius 1 is 1.03 bits per heavy atom. The molecule has 30 heavy (non-hydrogen) atoms. The summed E-state index contributed by atoms with van der Waals surface area (Å²) in [6.07, 6.45) is 1.80. The lowest BCUT2D eigenvalue weighted by Crippen LogP contribution is -2.49. The van der Waals surface area contributed by atoms with Gasteiger partial charge in [0.25, 0.3) is 0 Å². The second-order valence-electron chi connectivity index (χ2n) is 6.89. The van der Waals surface area contributed by atoms with Gasteiger partial charge in [-0.3, -0.25) is 9.69 Å². The molecular weight excluding hydrogens is 452 g/mol. The van der Waals surface area contributed by atoms with E-state index in [9.17, 15) is 4.79 Å². The average Bonchev–Trinajstić information content (AvgIpc) is 2.78. The highest BCUT2D eigenvalue weighted by atomic mass is 79.9. The molecule has 162 valence electrons. The summed E-state index contributed by atoms with van der Waals surface area (Å²) in [7, 11) is 4.74. The number of anilines is 1. The number of pyridine rings is 1. The zero-order chi connectivity index (χ0) is 21.5. The van der Waals surface area contributed by atoms with Crippen LogP contribution in [0, 0.1) is 0 Å². The summed E-state index contributed by atoms with van der Waals surface area (Å²) >= 11 is 3.41. The summed E-state index contributed by atoms with van der Waals surface area (Å²) in [5, 5.41) is 2.97. The number of aromatic nitrogens is 1. The van der Waals surface area contributed by atoms with Gasteiger partial charge in [0.05, 0.1) is 27.9 Å². The second-order valence-corrected chi connectivity index (χ2v) is 7.81. The summed E-state index contributed by atoms with van der Waals surface area (Å²) in [4.78, 5) is 21.3. The molecule has 3 rings (SSSR count). The molecule has 1 aromatic heterocycles. The first-order valence-corrected chi connectivity index (χ1v) is 10.5. The molecule has 0 saturated carbocycles. The zero-order valence-corrected chi connectivity index (χ0v) is 19.1. The Morgan fingerprint density at radius 3 is 2.30 bits per heavy atom. The molecule has 0 unspecified atom stereocenters. The number of halogens is 1. The third-order valence-corrected chi connectivity index (χ3v) is 5.51. The topological polar surface area (TPSA) is 76.2 Å². The van der Waals surface area contributed by atoms with Crippen molar-refractivity contribution in [3.05, 3.63) is 40.5 Å². The standard InChI is InChI=1S/C21H27BrN4O4/c1-28-17-11-19(30-3)18(29-2)10-15(17)12-24-21(27)14-25-6-8-26(9-7-25)20-5-4-16(22)13-23-20/h4-5,10-11,13H,6-9,12,14H2,1-3H3,(H,24,27). The van der Waals surface area contributed by atoms with Crippen LogP contribution < -0.4 is 24.4 Å². The van der Waals surface area contributed by atoms with E-state index in [1.807, 2.05) is 18.2 Å². The molecule has 0 radical (unpaired) electrons. The van der Waals surface area contributed by atoms with Crippen molar-refractivity contribution in [1.29, 1.82) is 0 Å². The molecule has 1 aromatic carbocycles. The van der Waals surface area contributed by atoms with Crippen molar-refractivity contribution in [2.45, 2.75) is 6.54 Å². The number of methoxy groups -OCH3 is 3. The predicted octanol–water partition coefficient (Wildman–Crippen LogP) is 2.31. The lowest BCUT2D eigenvalue weighted by molar-refractivity contribution is -0.122. The number of hydrogen-bond donors (Lipinski definition) is 1. The van der Waals surface area contributed by atoms with E-state index in [0.717, 1.165) is 42.0 Å². The first-order valence-electron chi connectivity index (χ1n) is 9.68. The molecule has 1 N–H and O–H groups in total. The third kappa shape index (κ3) is 5.54. The van der Waals surface area contributed by atoms with Crippen LogP contribution in [0.15, 0.2) is 34.9 Å². The molecule has 0 spiro atoms. The van der Waals surface area contributed by atoms with E-state index in [1.165, 1.54) is 0 Å². The fraction of sp³-hybridized carbons (Fsp3) is 0.429. The molecule has 2 heterocycles. The summed E-state index contributed by atoms with van der Waals surface area (Å²) in [6.45, 7) is 4.01. The number of rotatable bonds is 8. The van der Waals surface area contributed by atoms with Gasteiger partial charge in [-0.2, -0.15) is 0 Å². The van der Waals surface area contributed by atoms with E-state index in [4.69, 9.17) is 14.2 Å². The molecule has 1 aliphatic heterocycles. The molecule has 0 bridgehead atoms. The Labute approximate surface area is 185 Å². The molecule has 1 amide bonds. The number of hydrogen-bond acceptors (Lipinski definition) is 7. The van der Waals surface area contributed by atoms with E-state index in [1.54, 1.807) is 33.6 Å². The number of carbonyl (C=O) groups is 1. The summed E-state index contributed by atoms with van der Waals surface area (Å²) < 4.78 is 17.0. The number of nitrogens with zero attached hydrogens (tertiary/aromatic N) is 3. The Kier molecular flexibility index (Phi) is 7.75. The highest BCUT2D eigenvalue weighted by Crippen LogP contribution is 2.34. The number of carbonyl (C=O) groups excluding carboxylic acids is 1. The molecule has 8 nitrogen and oxygen atoms in total. The molecule has 0 aliphatic carbocycles. The number of piperazine rings is 1. The van der Waals surface area contributed by atoms with Gasteiger partial charge in [0.15, 0.2) is 11.5 Å². The van der Waals surface area contributed by atoms with Crippen molar-refractivity contribution in [3.63, 3.8) is 0 Å². The maximum Gasteiger partial charge on any atom is 0.234 e. The minimum absolute atomic E-state index is 0.0259. The van der Waals surface area contributed by atoms with E-state index >= 15 is 0 Å². The zero-order valence-electron chi connectivity index (χ0n) is 17.5. The van der Waals surface area contributed by atoms with Gasteiger partial charge in [-0.05, 0) is 34.1 Å². The van der Waals surface area contributed by atoms with Crippen molar-refractivity contribution in [3.8, 4) is 17.2 Å². The smallest absolute Gasteiger partial charge is 0.234 e. The van der Waals surface area contributed by atoms with Gasteiger partial charge in [0.1, 0.15) is 11.6 Å². The van der Waals surface area contributed by atoms with Gasteiger partial charge in [0, 0.05) is 55.0 Å².